The van der Waals surface area contributed by atoms with E-state index in [0.717, 1.165) is 41.0 Å². The molecule has 4 N–H and O–H groups in total. The summed E-state index contributed by atoms with van der Waals surface area (Å²) in [6.45, 7) is 1.82. The molecule has 4 aromatic carbocycles. The van der Waals surface area contributed by atoms with E-state index in [1.54, 1.807) is 36.4 Å². The first-order valence-corrected chi connectivity index (χ1v) is 12.2. The molecule has 0 unspecified atom stereocenters. The summed E-state index contributed by atoms with van der Waals surface area (Å²) in [6.07, 6.45) is -5.67. The Hall–Kier alpha value is -5.12. The maximum atomic E-state index is 13.1. The predicted molar refractivity (Wildman–Crippen MR) is 148 cm³/mol. The van der Waals surface area contributed by atoms with Gasteiger partial charge in [-0.05, 0) is 89.9 Å². The van der Waals surface area contributed by atoms with Gasteiger partial charge < -0.3 is 20.9 Å². The topological polar surface area (TPSA) is 105 Å². The molecule has 210 valence electrons. The number of nitrogen functional groups attached to an aromatic ring is 2. The van der Waals surface area contributed by atoms with Gasteiger partial charge in [-0.15, -0.1) is 0 Å². The Morgan fingerprint density at radius 2 is 1.44 bits per heavy atom. The summed E-state index contributed by atoms with van der Waals surface area (Å²) in [7, 11) is 0. The number of ketones is 1. The van der Waals surface area contributed by atoms with Gasteiger partial charge in [0.25, 0.3) is 0 Å². The maximum absolute atomic E-state index is 13.1. The first kappa shape index (κ1) is 28.9. The van der Waals surface area contributed by atoms with Crippen LogP contribution in [0.2, 0.25) is 0 Å². The average Bonchev–Trinajstić information content (AvgIpc) is 2.93. The number of hydrogen-bond acceptors (Lipinski definition) is 6. The molecular weight excluding hydrogens is 540 g/mol. The number of alkyl halides is 4. The van der Waals surface area contributed by atoms with E-state index in [2.05, 4.69) is 4.74 Å². The molecule has 0 aliphatic heterocycles. The standard InChI is InChI=1S/C31H24F4N2O4/c1-18-25(20-5-9-22(36)10-6-20)15-16-26(37)28(18)27(38)17-4-19-2-11-23(12-3-19)40-29(39)21-7-13-24(14-8-21)41-31(34,35)30(32)33/h2-17,30H,36-37H2,1H3/b17-4+. The lowest BCUT2D eigenvalue weighted by Crippen LogP contribution is -2.33. The van der Waals surface area contributed by atoms with E-state index < -0.39 is 24.3 Å². The second-order valence-corrected chi connectivity index (χ2v) is 8.97. The minimum atomic E-state index is -4.66. The third-order valence-electron chi connectivity index (χ3n) is 6.08. The molecule has 0 aliphatic rings. The van der Waals surface area contributed by atoms with Crippen molar-refractivity contribution in [1.82, 2.24) is 0 Å². The fraction of sp³-hybridized carbons (Fsp3) is 0.0968. The molecule has 0 radical (unpaired) electrons. The highest BCUT2D eigenvalue weighted by atomic mass is 19.3. The summed E-state index contributed by atoms with van der Waals surface area (Å²) in [6, 6.07) is 21.2. The number of esters is 1. The first-order valence-electron chi connectivity index (χ1n) is 12.2. The Morgan fingerprint density at radius 3 is 2.05 bits per heavy atom. The van der Waals surface area contributed by atoms with Crippen molar-refractivity contribution in [2.45, 2.75) is 19.5 Å². The van der Waals surface area contributed by atoms with Gasteiger partial charge in [-0.3, -0.25) is 4.79 Å². The fourth-order valence-electron chi connectivity index (χ4n) is 3.96. The fourth-order valence-corrected chi connectivity index (χ4v) is 3.96. The zero-order valence-electron chi connectivity index (χ0n) is 21.6. The largest absolute Gasteiger partial charge is 0.461 e. The smallest absolute Gasteiger partial charge is 0.428 e. The molecular formula is C31H24F4N2O4. The van der Waals surface area contributed by atoms with E-state index in [0.29, 0.717) is 22.5 Å². The minimum Gasteiger partial charge on any atom is -0.428 e. The lowest BCUT2D eigenvalue weighted by Gasteiger charge is -2.16. The number of hydrogen-bond donors (Lipinski definition) is 2. The highest BCUT2D eigenvalue weighted by Gasteiger charge is 2.43. The molecule has 0 atom stereocenters. The number of allylic oxidation sites excluding steroid dienone is 1. The van der Waals surface area contributed by atoms with Crippen LogP contribution in [0.25, 0.3) is 17.2 Å². The SMILES string of the molecule is Cc1c(-c2ccc(N)cc2)ccc(N)c1C(=O)/C=C/c1ccc(OC(=O)c2ccc(OC(F)(F)C(F)F)cc2)cc1. The van der Waals surface area contributed by atoms with Crippen molar-refractivity contribution in [3.63, 3.8) is 0 Å². The summed E-state index contributed by atoms with van der Waals surface area (Å²) < 4.78 is 59.8. The zero-order chi connectivity index (χ0) is 29.7. The van der Waals surface area contributed by atoms with Crippen molar-refractivity contribution in [1.29, 1.82) is 0 Å². The van der Waals surface area contributed by atoms with Crippen molar-refractivity contribution >= 4 is 29.2 Å². The second-order valence-electron chi connectivity index (χ2n) is 8.97. The van der Waals surface area contributed by atoms with Crippen LogP contribution in [-0.2, 0) is 0 Å². The van der Waals surface area contributed by atoms with Crippen molar-refractivity contribution in [3.8, 4) is 22.6 Å². The molecule has 10 heteroatoms. The lowest BCUT2D eigenvalue weighted by atomic mass is 9.93. The van der Waals surface area contributed by atoms with E-state index in [9.17, 15) is 27.2 Å². The Bertz CT molecular complexity index is 1580. The monoisotopic (exact) mass is 564 g/mol. The van der Waals surface area contributed by atoms with Gasteiger partial charge in [-0.25, -0.2) is 4.79 Å². The van der Waals surface area contributed by atoms with Gasteiger partial charge in [-0.1, -0.05) is 36.4 Å². The molecule has 0 saturated heterocycles. The number of rotatable bonds is 9. The Labute approximate surface area is 232 Å². The molecule has 6 nitrogen and oxygen atoms in total. The van der Waals surface area contributed by atoms with E-state index in [-0.39, 0.29) is 17.1 Å². The van der Waals surface area contributed by atoms with Crippen LogP contribution in [0.3, 0.4) is 0 Å². The molecule has 0 aliphatic carbocycles. The van der Waals surface area contributed by atoms with Crippen LogP contribution in [0.15, 0.2) is 91.0 Å². The van der Waals surface area contributed by atoms with Crippen molar-refractivity contribution in [2.75, 3.05) is 11.5 Å². The van der Waals surface area contributed by atoms with Gasteiger partial charge in [0, 0.05) is 16.9 Å². The van der Waals surface area contributed by atoms with E-state index >= 15 is 0 Å². The molecule has 0 heterocycles. The van der Waals surface area contributed by atoms with Crippen molar-refractivity contribution in [2.24, 2.45) is 0 Å². The Balaban J connectivity index is 1.41. The molecule has 0 bridgehead atoms. The number of nitrogens with two attached hydrogens (primary N) is 2. The third-order valence-corrected chi connectivity index (χ3v) is 6.08. The summed E-state index contributed by atoms with van der Waals surface area (Å²) in [5, 5.41) is 0. The van der Waals surface area contributed by atoms with Gasteiger partial charge in [-0.2, -0.15) is 17.6 Å². The van der Waals surface area contributed by atoms with Crippen molar-refractivity contribution in [3.05, 3.63) is 113 Å². The number of halogens is 4. The summed E-state index contributed by atoms with van der Waals surface area (Å²) in [5.41, 5.74) is 16.4. The molecule has 0 spiro atoms. The maximum Gasteiger partial charge on any atom is 0.461 e. The number of carbonyl (C=O) groups excluding carboxylic acids is 2. The number of benzene rings is 4. The van der Waals surface area contributed by atoms with Crippen LogP contribution >= 0.6 is 0 Å². The van der Waals surface area contributed by atoms with Crippen LogP contribution in [-0.4, -0.2) is 24.3 Å². The molecule has 4 rings (SSSR count). The van der Waals surface area contributed by atoms with E-state index in [1.807, 2.05) is 25.1 Å². The van der Waals surface area contributed by atoms with Crippen molar-refractivity contribution < 1.29 is 36.6 Å². The Morgan fingerprint density at radius 1 is 0.829 bits per heavy atom. The van der Waals surface area contributed by atoms with Crippen LogP contribution in [0.4, 0.5) is 28.9 Å². The second kappa shape index (κ2) is 12.0. The van der Waals surface area contributed by atoms with E-state index in [4.69, 9.17) is 16.2 Å². The van der Waals surface area contributed by atoms with Gasteiger partial charge in [0.15, 0.2) is 5.78 Å². The normalized spacial score (nSPS) is 11.6. The summed E-state index contributed by atoms with van der Waals surface area (Å²) >= 11 is 0. The van der Waals surface area contributed by atoms with Gasteiger partial charge in [0.2, 0.25) is 0 Å². The lowest BCUT2D eigenvalue weighted by molar-refractivity contribution is -0.253. The quantitative estimate of drug-likeness (QED) is 0.0557. The molecule has 0 amide bonds. The third kappa shape index (κ3) is 6.91. The summed E-state index contributed by atoms with van der Waals surface area (Å²) in [5.74, 6) is -1.44. The molecule has 0 fully saturated rings. The highest BCUT2D eigenvalue weighted by molar-refractivity contribution is 6.12. The first-order chi connectivity index (χ1) is 19.4. The zero-order valence-corrected chi connectivity index (χ0v) is 21.6. The average molecular weight is 565 g/mol. The van der Waals surface area contributed by atoms with Crippen LogP contribution in [0.1, 0.15) is 31.8 Å². The molecule has 0 saturated carbocycles. The van der Waals surface area contributed by atoms with Crippen LogP contribution in [0, 0.1) is 6.92 Å². The Kier molecular flexibility index (Phi) is 8.42. The molecule has 0 aromatic heterocycles. The van der Waals surface area contributed by atoms with E-state index in [1.165, 1.54) is 18.2 Å². The van der Waals surface area contributed by atoms with Gasteiger partial charge in [0.1, 0.15) is 11.5 Å². The number of anilines is 2. The molecule has 41 heavy (non-hydrogen) atoms. The van der Waals surface area contributed by atoms with Crippen LogP contribution in [0.5, 0.6) is 11.5 Å². The summed E-state index contributed by atoms with van der Waals surface area (Å²) in [4.78, 5) is 25.4. The highest BCUT2D eigenvalue weighted by Crippen LogP contribution is 2.31. The number of carbonyl (C=O) groups is 2. The van der Waals surface area contributed by atoms with Gasteiger partial charge in [0.05, 0.1) is 5.56 Å². The predicted octanol–water partition coefficient (Wildman–Crippen LogP) is 7.18. The van der Waals surface area contributed by atoms with Gasteiger partial charge >= 0.3 is 18.5 Å². The molecule has 4 aromatic rings. The minimum absolute atomic E-state index is 0.0126. The van der Waals surface area contributed by atoms with Crippen LogP contribution < -0.4 is 20.9 Å². The number of ether oxygens (including phenoxy) is 2.